The highest BCUT2D eigenvalue weighted by molar-refractivity contribution is 5.99. The number of rotatable bonds is 11. The highest BCUT2D eigenvalue weighted by Crippen LogP contribution is 2.28. The molecular formula is C34H53N5O5. The second kappa shape index (κ2) is 18.0. The first kappa shape index (κ1) is 35.4. The van der Waals surface area contributed by atoms with Crippen molar-refractivity contribution in [2.75, 3.05) is 59.3 Å². The number of aromatic nitrogens is 1. The molecule has 2 N–H and O–H groups in total. The van der Waals surface area contributed by atoms with E-state index in [-0.39, 0.29) is 36.5 Å². The van der Waals surface area contributed by atoms with Gasteiger partial charge >= 0.3 is 0 Å². The summed E-state index contributed by atoms with van der Waals surface area (Å²) in [7, 11) is 6.04. The molecule has 0 saturated carbocycles. The maximum absolute atomic E-state index is 14.3. The second-order valence-corrected chi connectivity index (χ2v) is 12.5. The quantitative estimate of drug-likeness (QED) is 0.388. The Balaban J connectivity index is 1.87. The molecule has 0 fully saturated rings. The molecule has 0 aliphatic carbocycles. The maximum Gasteiger partial charge on any atom is 0.258 e. The van der Waals surface area contributed by atoms with Crippen LogP contribution in [0.25, 0.3) is 0 Å². The monoisotopic (exact) mass is 611 g/mol. The Kier molecular flexibility index (Phi) is 14.5. The zero-order valence-electron chi connectivity index (χ0n) is 27.5. The van der Waals surface area contributed by atoms with Crippen molar-refractivity contribution in [3.05, 3.63) is 53.9 Å². The van der Waals surface area contributed by atoms with E-state index in [1.165, 1.54) is 5.56 Å². The molecule has 0 spiro atoms. The molecule has 244 valence electrons. The fraction of sp³-hybridized carbons (Fsp3) is 0.618. The fourth-order valence-corrected chi connectivity index (χ4v) is 5.41. The van der Waals surface area contributed by atoms with Crippen LogP contribution in [0, 0.1) is 5.92 Å². The number of pyridine rings is 1. The molecule has 0 radical (unpaired) electrons. The Hall–Kier alpha value is -3.05. The minimum Gasteiger partial charge on any atom is -0.490 e. The number of aliphatic hydroxyl groups is 1. The van der Waals surface area contributed by atoms with Gasteiger partial charge in [0.05, 0.1) is 30.4 Å². The highest BCUT2D eigenvalue weighted by atomic mass is 16.5. The molecule has 2 aromatic rings. The van der Waals surface area contributed by atoms with E-state index < -0.39 is 6.04 Å². The lowest BCUT2D eigenvalue weighted by molar-refractivity contribution is -0.116. The summed E-state index contributed by atoms with van der Waals surface area (Å²) < 4.78 is 12.8. The van der Waals surface area contributed by atoms with Crippen LogP contribution in [0.1, 0.15) is 68.8 Å². The molecule has 1 aliphatic heterocycles. The minimum atomic E-state index is -0.428. The van der Waals surface area contributed by atoms with Gasteiger partial charge in [0, 0.05) is 56.7 Å². The van der Waals surface area contributed by atoms with Crippen molar-refractivity contribution < 1.29 is 24.2 Å². The smallest absolute Gasteiger partial charge is 0.258 e. The van der Waals surface area contributed by atoms with E-state index in [1.54, 1.807) is 35.5 Å². The van der Waals surface area contributed by atoms with Crippen LogP contribution >= 0.6 is 0 Å². The molecule has 0 bridgehead atoms. The Morgan fingerprint density at radius 1 is 1.16 bits per heavy atom. The fourth-order valence-electron chi connectivity index (χ4n) is 5.41. The van der Waals surface area contributed by atoms with Crippen LogP contribution in [0.15, 0.2) is 42.7 Å². The van der Waals surface area contributed by atoms with Gasteiger partial charge in [0.2, 0.25) is 5.91 Å². The van der Waals surface area contributed by atoms with Crippen molar-refractivity contribution in [3.63, 3.8) is 0 Å². The number of amides is 2. The molecular weight excluding hydrogens is 558 g/mol. The predicted octanol–water partition coefficient (Wildman–Crippen LogP) is 4.29. The molecule has 10 nitrogen and oxygen atoms in total. The van der Waals surface area contributed by atoms with Crippen LogP contribution in [0.3, 0.4) is 0 Å². The first-order chi connectivity index (χ1) is 21.1. The van der Waals surface area contributed by atoms with Crippen molar-refractivity contribution >= 4 is 17.5 Å². The number of nitrogens with one attached hydrogen (secondary N) is 1. The topological polar surface area (TPSA) is 107 Å². The molecule has 4 atom stereocenters. The van der Waals surface area contributed by atoms with Crippen molar-refractivity contribution in [1.29, 1.82) is 0 Å². The Labute approximate surface area is 263 Å². The number of fused-ring (bicyclic) bond motifs is 1. The van der Waals surface area contributed by atoms with Gasteiger partial charge in [0.1, 0.15) is 5.75 Å². The summed E-state index contributed by atoms with van der Waals surface area (Å²) >= 11 is 0. The zero-order chi connectivity index (χ0) is 32.1. The predicted molar refractivity (Wildman–Crippen MR) is 174 cm³/mol. The van der Waals surface area contributed by atoms with Gasteiger partial charge in [-0.3, -0.25) is 19.5 Å². The number of anilines is 1. The largest absolute Gasteiger partial charge is 0.490 e. The zero-order valence-corrected chi connectivity index (χ0v) is 27.5. The second-order valence-electron chi connectivity index (χ2n) is 12.5. The van der Waals surface area contributed by atoms with E-state index in [0.29, 0.717) is 43.1 Å². The first-order valence-electron chi connectivity index (χ1n) is 15.9. The van der Waals surface area contributed by atoms with Crippen LogP contribution in [0.4, 0.5) is 5.69 Å². The summed E-state index contributed by atoms with van der Waals surface area (Å²) in [5, 5.41) is 13.1. The van der Waals surface area contributed by atoms with Crippen LogP contribution in [0.5, 0.6) is 5.75 Å². The molecule has 0 saturated heterocycles. The van der Waals surface area contributed by atoms with E-state index >= 15 is 0 Å². The van der Waals surface area contributed by atoms with Crippen molar-refractivity contribution in [3.8, 4) is 5.75 Å². The molecule has 2 amide bonds. The molecule has 44 heavy (non-hydrogen) atoms. The number of carbonyl (C=O) groups is 2. The third-order valence-corrected chi connectivity index (χ3v) is 8.04. The lowest BCUT2D eigenvalue weighted by atomic mass is 10.0. The standard InChI is InChI=1S/C34H53N5O5/c1-25-21-39(26(2)24-40)34(42)30-20-29(36-33(41)11-9-18-37(4)5)12-13-31(30)44-27(3)10-7-8-19-43-32(25)23-38(6)22-28-14-16-35-17-15-28/h12-17,20,25-27,32,40H,7-11,18-19,21-24H2,1-6H3,(H,36,41)/t25-,26+,27-,32+/m1/s1. The van der Waals surface area contributed by atoms with Gasteiger partial charge in [0.15, 0.2) is 0 Å². The van der Waals surface area contributed by atoms with E-state index in [4.69, 9.17) is 9.47 Å². The maximum atomic E-state index is 14.3. The van der Waals surface area contributed by atoms with Crippen molar-refractivity contribution in [2.45, 2.75) is 77.7 Å². The Morgan fingerprint density at radius 3 is 2.61 bits per heavy atom. The van der Waals surface area contributed by atoms with Crippen LogP contribution in [-0.4, -0.2) is 109 Å². The van der Waals surface area contributed by atoms with Gasteiger partial charge in [-0.05, 0) is 103 Å². The van der Waals surface area contributed by atoms with E-state index in [2.05, 4.69) is 29.2 Å². The van der Waals surface area contributed by atoms with Crippen molar-refractivity contribution in [1.82, 2.24) is 19.7 Å². The molecule has 1 aromatic carbocycles. The molecule has 2 heterocycles. The summed E-state index contributed by atoms with van der Waals surface area (Å²) in [4.78, 5) is 37.1. The number of carbonyl (C=O) groups excluding carboxylic acids is 2. The third kappa shape index (κ3) is 11.5. The summed E-state index contributed by atoms with van der Waals surface area (Å²) in [5.41, 5.74) is 2.10. The summed E-state index contributed by atoms with van der Waals surface area (Å²) in [6.45, 7) is 9.07. The summed E-state index contributed by atoms with van der Waals surface area (Å²) in [6.07, 6.45) is 7.16. The van der Waals surface area contributed by atoms with Gasteiger partial charge in [-0.25, -0.2) is 0 Å². The van der Waals surface area contributed by atoms with E-state index in [9.17, 15) is 14.7 Å². The SMILES string of the molecule is C[C@@H]1CCCCO[C@@H](CN(C)Cc2ccncc2)[C@H](C)CN([C@@H](C)CO)C(=O)c2cc(NC(=O)CCCN(C)C)ccc2O1. The Morgan fingerprint density at radius 2 is 1.91 bits per heavy atom. The molecule has 1 aromatic heterocycles. The molecule has 0 unspecified atom stereocenters. The number of hydrogen-bond acceptors (Lipinski definition) is 8. The van der Waals surface area contributed by atoms with Gasteiger partial charge in [-0.2, -0.15) is 0 Å². The minimum absolute atomic E-state index is 0.0151. The number of hydrogen-bond donors (Lipinski definition) is 2. The lowest BCUT2D eigenvalue weighted by Gasteiger charge is -2.36. The van der Waals surface area contributed by atoms with E-state index in [0.717, 1.165) is 38.8 Å². The number of nitrogens with zero attached hydrogens (tertiary/aromatic N) is 4. The van der Waals surface area contributed by atoms with Gasteiger partial charge in [0.25, 0.3) is 5.91 Å². The molecule has 3 rings (SSSR count). The van der Waals surface area contributed by atoms with Crippen LogP contribution in [-0.2, 0) is 16.1 Å². The number of aliphatic hydroxyl groups excluding tert-OH is 1. The third-order valence-electron chi connectivity index (χ3n) is 8.04. The van der Waals surface area contributed by atoms with Gasteiger partial charge < -0.3 is 29.7 Å². The molecule has 10 heteroatoms. The summed E-state index contributed by atoms with van der Waals surface area (Å²) in [5.74, 6) is 0.126. The number of ether oxygens (including phenoxy) is 2. The van der Waals surface area contributed by atoms with Crippen molar-refractivity contribution in [2.24, 2.45) is 5.92 Å². The molecule has 1 aliphatic rings. The Bertz CT molecular complexity index is 1160. The van der Waals surface area contributed by atoms with Crippen LogP contribution in [0.2, 0.25) is 0 Å². The van der Waals surface area contributed by atoms with E-state index in [1.807, 2.05) is 45.0 Å². The van der Waals surface area contributed by atoms with Gasteiger partial charge in [-0.15, -0.1) is 0 Å². The lowest BCUT2D eigenvalue weighted by Crippen LogP contribution is -2.47. The van der Waals surface area contributed by atoms with Crippen LogP contribution < -0.4 is 10.1 Å². The number of likely N-dealkylation sites (N-methyl/N-ethyl adjacent to an activating group) is 1. The highest BCUT2D eigenvalue weighted by Gasteiger charge is 2.30. The number of benzene rings is 1. The van der Waals surface area contributed by atoms with Gasteiger partial charge in [-0.1, -0.05) is 6.92 Å². The first-order valence-corrected chi connectivity index (χ1v) is 15.9. The summed E-state index contributed by atoms with van der Waals surface area (Å²) in [6, 6.07) is 8.87. The normalized spacial score (nSPS) is 21.0. The average Bonchev–Trinajstić information content (AvgIpc) is 2.98. The average molecular weight is 612 g/mol.